The molecule has 1 heterocycles. The van der Waals surface area contributed by atoms with Crippen LogP contribution >= 0.6 is 35.0 Å². The van der Waals surface area contributed by atoms with Crippen molar-refractivity contribution in [3.63, 3.8) is 0 Å². The van der Waals surface area contributed by atoms with Crippen molar-refractivity contribution in [1.29, 1.82) is 0 Å². The Bertz CT molecular complexity index is 686. The highest BCUT2D eigenvalue weighted by Crippen LogP contribution is 2.61. The van der Waals surface area contributed by atoms with Gasteiger partial charge in [0.25, 0.3) is 0 Å². The molecule has 1 atom stereocenters. The number of rotatable bonds is 3. The highest BCUT2D eigenvalue weighted by molar-refractivity contribution is 8.00. The van der Waals surface area contributed by atoms with E-state index in [1.807, 2.05) is 18.2 Å². The second-order valence-corrected chi connectivity index (χ2v) is 10.7. The summed E-state index contributed by atoms with van der Waals surface area (Å²) in [7, 11) is 0. The van der Waals surface area contributed by atoms with E-state index in [1.165, 1.54) is 38.5 Å². The zero-order chi connectivity index (χ0) is 17.2. The van der Waals surface area contributed by atoms with Crippen molar-refractivity contribution in [3.8, 4) is 0 Å². The Morgan fingerprint density at radius 3 is 2.28 bits per heavy atom. The van der Waals surface area contributed by atoms with Gasteiger partial charge in [-0.1, -0.05) is 29.3 Å². The molecule has 5 fully saturated rings. The van der Waals surface area contributed by atoms with Crippen molar-refractivity contribution in [2.45, 2.75) is 43.9 Å². The third-order valence-corrected chi connectivity index (χ3v) is 8.86. The van der Waals surface area contributed by atoms with Crippen molar-refractivity contribution < 1.29 is 4.79 Å². The lowest BCUT2D eigenvalue weighted by molar-refractivity contribution is -0.134. The van der Waals surface area contributed by atoms with E-state index in [9.17, 15) is 4.79 Å². The molecule has 1 saturated heterocycles. The van der Waals surface area contributed by atoms with Crippen LogP contribution in [0.4, 0.5) is 0 Å². The van der Waals surface area contributed by atoms with E-state index in [1.54, 1.807) is 11.8 Å². The Hall–Kier alpha value is -0.380. The second kappa shape index (κ2) is 6.07. The number of halogens is 2. The first-order valence-corrected chi connectivity index (χ1v) is 11.2. The molecule has 0 spiro atoms. The van der Waals surface area contributed by atoms with Crippen LogP contribution in [-0.4, -0.2) is 23.1 Å². The average molecular weight is 396 g/mol. The number of hydrogen-bond donors (Lipinski definition) is 0. The Morgan fingerprint density at radius 2 is 1.68 bits per heavy atom. The van der Waals surface area contributed by atoms with Crippen LogP contribution in [0, 0.1) is 23.2 Å². The van der Waals surface area contributed by atoms with E-state index >= 15 is 0 Å². The zero-order valence-electron chi connectivity index (χ0n) is 14.2. The summed E-state index contributed by atoms with van der Waals surface area (Å²) in [5.41, 5.74) is 1.49. The fourth-order valence-electron chi connectivity index (χ4n) is 6.41. The summed E-state index contributed by atoms with van der Waals surface area (Å²) in [5, 5.41) is 1.25. The topological polar surface area (TPSA) is 20.3 Å². The predicted octanol–water partition coefficient (Wildman–Crippen LogP) is 5.78. The Kier molecular flexibility index (Phi) is 4.07. The Morgan fingerprint density at radius 1 is 1.04 bits per heavy atom. The van der Waals surface area contributed by atoms with E-state index in [-0.39, 0.29) is 11.3 Å². The van der Waals surface area contributed by atoms with E-state index < -0.39 is 0 Å². The van der Waals surface area contributed by atoms with Gasteiger partial charge in [0.05, 0.1) is 15.8 Å². The second-order valence-electron chi connectivity index (χ2n) is 8.78. The van der Waals surface area contributed by atoms with Crippen molar-refractivity contribution in [2.75, 3.05) is 12.3 Å². The number of benzene rings is 1. The maximum Gasteiger partial charge on any atom is 0.233 e. The molecule has 1 amide bonds. The Labute approximate surface area is 163 Å². The van der Waals surface area contributed by atoms with Crippen molar-refractivity contribution >= 4 is 40.9 Å². The lowest BCUT2D eigenvalue weighted by Crippen LogP contribution is -2.51. The first kappa shape index (κ1) is 16.8. The van der Waals surface area contributed by atoms with E-state index in [2.05, 4.69) is 4.90 Å². The summed E-state index contributed by atoms with van der Waals surface area (Å²) in [4.78, 5) is 14.8. The summed E-state index contributed by atoms with van der Waals surface area (Å²) >= 11 is 14.0. The van der Waals surface area contributed by atoms with Crippen LogP contribution in [0.1, 0.15) is 49.5 Å². The molecule has 4 saturated carbocycles. The number of amides is 1. The van der Waals surface area contributed by atoms with Gasteiger partial charge in [-0.05, 0) is 79.4 Å². The van der Waals surface area contributed by atoms with Gasteiger partial charge in [0.1, 0.15) is 5.37 Å². The van der Waals surface area contributed by atoms with Gasteiger partial charge < -0.3 is 4.90 Å². The maximum absolute atomic E-state index is 12.7. The van der Waals surface area contributed by atoms with Crippen LogP contribution in [0.25, 0.3) is 0 Å². The molecule has 1 aromatic carbocycles. The largest absolute Gasteiger partial charge is 0.325 e. The molecule has 1 aromatic rings. The standard InChI is InChI=1S/C20H23Cl2NOS/c21-16-2-1-15(6-17(16)22)19-23(18(24)10-25-19)11-20-7-12-3-13(8-20)5-14(4-12)9-20/h1-2,6,12-14,19H,3-5,7-11H2. The average Bonchev–Trinajstić information content (AvgIpc) is 2.89. The van der Waals surface area contributed by atoms with Crippen LogP contribution < -0.4 is 0 Å². The van der Waals surface area contributed by atoms with Gasteiger partial charge in [-0.25, -0.2) is 0 Å². The Balaban J connectivity index is 1.41. The summed E-state index contributed by atoms with van der Waals surface area (Å²) in [6.45, 7) is 0.938. The fourth-order valence-corrected chi connectivity index (χ4v) is 7.90. The molecule has 4 bridgehead atoms. The molecule has 1 unspecified atom stereocenters. The summed E-state index contributed by atoms with van der Waals surface area (Å²) in [5.74, 6) is 3.62. The molecular formula is C20H23Cl2NOS. The SMILES string of the molecule is O=C1CSC(c2ccc(Cl)c(Cl)c2)N1CC12CC3CC(CC(C3)C1)C2. The normalized spacial score (nSPS) is 39.4. The first-order valence-electron chi connectivity index (χ1n) is 9.37. The van der Waals surface area contributed by atoms with Gasteiger partial charge >= 0.3 is 0 Å². The number of nitrogens with zero attached hydrogens (tertiary/aromatic N) is 1. The molecule has 2 nitrogen and oxygen atoms in total. The quantitative estimate of drug-likeness (QED) is 0.645. The van der Waals surface area contributed by atoms with Gasteiger partial charge in [0.15, 0.2) is 0 Å². The van der Waals surface area contributed by atoms with Gasteiger partial charge in [0.2, 0.25) is 5.91 Å². The molecule has 1 aliphatic heterocycles. The molecule has 4 aliphatic carbocycles. The lowest BCUT2D eigenvalue weighted by atomic mass is 9.49. The molecule has 0 radical (unpaired) electrons. The summed E-state index contributed by atoms with van der Waals surface area (Å²) in [6, 6.07) is 5.81. The van der Waals surface area contributed by atoms with Crippen molar-refractivity contribution in [2.24, 2.45) is 23.2 Å². The predicted molar refractivity (Wildman–Crippen MR) is 104 cm³/mol. The lowest BCUT2D eigenvalue weighted by Gasteiger charge is -2.58. The number of thioether (sulfide) groups is 1. The minimum atomic E-state index is 0.0928. The van der Waals surface area contributed by atoms with Crippen LogP contribution in [0.15, 0.2) is 18.2 Å². The molecule has 0 aromatic heterocycles. The van der Waals surface area contributed by atoms with Crippen LogP contribution in [0.2, 0.25) is 10.0 Å². The minimum absolute atomic E-state index is 0.0928. The molecule has 5 heteroatoms. The molecule has 5 aliphatic rings. The smallest absolute Gasteiger partial charge is 0.233 e. The first-order chi connectivity index (χ1) is 12.0. The van der Waals surface area contributed by atoms with Gasteiger partial charge in [-0.15, -0.1) is 11.8 Å². The number of hydrogen-bond acceptors (Lipinski definition) is 2. The zero-order valence-corrected chi connectivity index (χ0v) is 16.5. The maximum atomic E-state index is 12.7. The summed E-state index contributed by atoms with van der Waals surface area (Å²) in [6.07, 6.45) is 8.33. The third kappa shape index (κ3) is 2.91. The van der Waals surface area contributed by atoms with Crippen molar-refractivity contribution in [1.82, 2.24) is 4.90 Å². The fraction of sp³-hybridized carbons (Fsp3) is 0.650. The van der Waals surface area contributed by atoms with Crippen LogP contribution in [0.3, 0.4) is 0 Å². The highest BCUT2D eigenvalue weighted by atomic mass is 35.5. The van der Waals surface area contributed by atoms with E-state index in [0.29, 0.717) is 21.2 Å². The van der Waals surface area contributed by atoms with Gasteiger partial charge in [-0.3, -0.25) is 4.79 Å². The molecule has 0 N–H and O–H groups in total. The molecule has 6 rings (SSSR count). The highest BCUT2D eigenvalue weighted by Gasteiger charge is 2.52. The molecule has 134 valence electrons. The van der Waals surface area contributed by atoms with Crippen molar-refractivity contribution in [3.05, 3.63) is 33.8 Å². The summed E-state index contributed by atoms with van der Waals surface area (Å²) < 4.78 is 0. The van der Waals surface area contributed by atoms with E-state index in [4.69, 9.17) is 23.2 Å². The van der Waals surface area contributed by atoms with Gasteiger partial charge in [-0.2, -0.15) is 0 Å². The van der Waals surface area contributed by atoms with E-state index in [0.717, 1.165) is 29.9 Å². The molecule has 25 heavy (non-hydrogen) atoms. The van der Waals surface area contributed by atoms with Crippen LogP contribution in [0.5, 0.6) is 0 Å². The monoisotopic (exact) mass is 395 g/mol. The number of carbonyl (C=O) groups excluding carboxylic acids is 1. The number of carbonyl (C=O) groups is 1. The minimum Gasteiger partial charge on any atom is -0.325 e. The van der Waals surface area contributed by atoms with Crippen LogP contribution in [-0.2, 0) is 4.79 Å². The van der Waals surface area contributed by atoms with Gasteiger partial charge in [0, 0.05) is 6.54 Å². The third-order valence-electron chi connectivity index (χ3n) is 6.87. The molecular weight excluding hydrogens is 373 g/mol.